The molecule has 2 aromatic rings. The Bertz CT molecular complexity index is 806. The molecule has 0 bridgehead atoms. The van der Waals surface area contributed by atoms with Gasteiger partial charge in [-0.15, -0.1) is 0 Å². The van der Waals surface area contributed by atoms with Crippen LogP contribution in [0.2, 0.25) is 0 Å². The van der Waals surface area contributed by atoms with E-state index in [4.69, 9.17) is 0 Å². The van der Waals surface area contributed by atoms with E-state index in [9.17, 15) is 14.6 Å². The summed E-state index contributed by atoms with van der Waals surface area (Å²) in [6, 6.07) is 8.80. The fourth-order valence-corrected chi connectivity index (χ4v) is 4.45. The molecule has 4 rings (SSSR count). The summed E-state index contributed by atoms with van der Waals surface area (Å²) in [4.78, 5) is 0. The molecule has 2 atom stereocenters. The van der Waals surface area contributed by atoms with Crippen molar-refractivity contribution in [3.63, 3.8) is 0 Å². The molecule has 2 N–H and O–H groups in total. The summed E-state index contributed by atoms with van der Waals surface area (Å²) in [5.41, 5.74) is 1.64. The molecule has 0 spiro atoms. The van der Waals surface area contributed by atoms with E-state index in [-0.39, 0.29) is 5.82 Å². The third-order valence-corrected chi connectivity index (χ3v) is 5.59. The first kappa shape index (κ1) is 14.9. The topological polar surface area (TPSA) is 40.5 Å². The second kappa shape index (κ2) is 4.65. The van der Waals surface area contributed by atoms with E-state index in [1.54, 1.807) is 13.8 Å². The van der Waals surface area contributed by atoms with E-state index < -0.39 is 11.2 Å². The van der Waals surface area contributed by atoms with Crippen LogP contribution < -0.4 is 0 Å². The molecule has 0 radical (unpaired) electrons. The van der Waals surface area contributed by atoms with Gasteiger partial charge in [0.25, 0.3) is 0 Å². The molecule has 120 valence electrons. The summed E-state index contributed by atoms with van der Waals surface area (Å²) in [5, 5.41) is 22.5. The zero-order valence-corrected chi connectivity index (χ0v) is 13.5. The Morgan fingerprint density at radius 1 is 0.870 bits per heavy atom. The molecule has 0 fully saturated rings. The molecule has 2 aromatic carbocycles. The summed E-state index contributed by atoms with van der Waals surface area (Å²) in [7, 11) is 0. The van der Waals surface area contributed by atoms with E-state index in [2.05, 4.69) is 0 Å². The van der Waals surface area contributed by atoms with Gasteiger partial charge in [-0.1, -0.05) is 24.3 Å². The van der Waals surface area contributed by atoms with Gasteiger partial charge in [0.1, 0.15) is 17.0 Å². The molecule has 2 aliphatic carbocycles. The number of aliphatic hydroxyl groups is 2. The van der Waals surface area contributed by atoms with Crippen LogP contribution in [-0.2, 0) is 24.0 Å². The maximum Gasteiger partial charge on any atom is 0.127 e. The standard InChI is InChI=1S/C20H21FO2/c1-19(22)14-9-5-6-10-15(14)20(2,23)18-13-8-4-3-7-12(13)17(21)11-16(18)19/h5-6,9-11,22-23H,3-4,7-8H2,1-2H3/t19-,20-/m1/s1. The molecule has 0 aromatic heterocycles. The smallest absolute Gasteiger partial charge is 0.127 e. The molecular weight excluding hydrogens is 291 g/mol. The lowest BCUT2D eigenvalue weighted by molar-refractivity contribution is 0.0495. The monoisotopic (exact) mass is 312 g/mol. The quantitative estimate of drug-likeness (QED) is 0.781. The highest BCUT2D eigenvalue weighted by atomic mass is 19.1. The number of benzene rings is 2. The van der Waals surface area contributed by atoms with Gasteiger partial charge in [-0.25, -0.2) is 4.39 Å². The van der Waals surface area contributed by atoms with Gasteiger partial charge in [-0.3, -0.25) is 0 Å². The Morgan fingerprint density at radius 3 is 2.09 bits per heavy atom. The number of hydrogen-bond acceptors (Lipinski definition) is 2. The first-order valence-electron chi connectivity index (χ1n) is 8.25. The van der Waals surface area contributed by atoms with Gasteiger partial charge in [0.15, 0.2) is 0 Å². The minimum absolute atomic E-state index is 0.256. The van der Waals surface area contributed by atoms with E-state index in [0.717, 1.165) is 24.8 Å². The Hall–Kier alpha value is -1.71. The highest BCUT2D eigenvalue weighted by Crippen LogP contribution is 2.50. The Balaban J connectivity index is 2.12. The van der Waals surface area contributed by atoms with Gasteiger partial charge in [0.05, 0.1) is 0 Å². The van der Waals surface area contributed by atoms with Crippen LogP contribution in [0.15, 0.2) is 30.3 Å². The Labute approximate surface area is 135 Å². The molecule has 2 aliphatic rings. The van der Waals surface area contributed by atoms with E-state index in [1.807, 2.05) is 24.3 Å². The van der Waals surface area contributed by atoms with Crippen molar-refractivity contribution in [1.29, 1.82) is 0 Å². The summed E-state index contributed by atoms with van der Waals surface area (Å²) in [6.45, 7) is 3.45. The van der Waals surface area contributed by atoms with Crippen molar-refractivity contribution in [2.45, 2.75) is 50.7 Å². The van der Waals surface area contributed by atoms with E-state index >= 15 is 0 Å². The van der Waals surface area contributed by atoms with Crippen LogP contribution in [0.25, 0.3) is 0 Å². The highest BCUT2D eigenvalue weighted by molar-refractivity contribution is 5.60. The van der Waals surface area contributed by atoms with Crippen molar-refractivity contribution in [2.75, 3.05) is 0 Å². The molecule has 0 aliphatic heterocycles. The molecule has 0 unspecified atom stereocenters. The molecule has 0 amide bonds. The number of fused-ring (bicyclic) bond motifs is 4. The molecule has 2 nitrogen and oxygen atoms in total. The minimum Gasteiger partial charge on any atom is -0.381 e. The summed E-state index contributed by atoms with van der Waals surface area (Å²) in [5.74, 6) is -0.256. The lowest BCUT2D eigenvalue weighted by Gasteiger charge is -2.43. The lowest BCUT2D eigenvalue weighted by atomic mass is 9.65. The average Bonchev–Trinajstić information content (AvgIpc) is 2.53. The van der Waals surface area contributed by atoms with Gasteiger partial charge in [0.2, 0.25) is 0 Å². The van der Waals surface area contributed by atoms with Crippen molar-refractivity contribution in [3.8, 4) is 0 Å². The maximum absolute atomic E-state index is 14.6. The molecule has 3 heteroatoms. The molecule has 0 heterocycles. The third kappa shape index (κ3) is 1.87. The van der Waals surface area contributed by atoms with Crippen LogP contribution in [0, 0.1) is 5.82 Å². The van der Waals surface area contributed by atoms with E-state index in [0.29, 0.717) is 34.2 Å². The Morgan fingerprint density at radius 2 is 1.43 bits per heavy atom. The van der Waals surface area contributed by atoms with Crippen LogP contribution in [-0.4, -0.2) is 10.2 Å². The first-order valence-corrected chi connectivity index (χ1v) is 8.25. The molecule has 0 saturated heterocycles. The molecular formula is C20H21FO2. The van der Waals surface area contributed by atoms with Crippen LogP contribution in [0.5, 0.6) is 0 Å². The zero-order valence-electron chi connectivity index (χ0n) is 13.5. The van der Waals surface area contributed by atoms with Crippen molar-refractivity contribution in [1.82, 2.24) is 0 Å². The molecule has 23 heavy (non-hydrogen) atoms. The van der Waals surface area contributed by atoms with Crippen molar-refractivity contribution in [2.24, 2.45) is 0 Å². The summed E-state index contributed by atoms with van der Waals surface area (Å²) < 4.78 is 14.6. The second-order valence-electron chi connectivity index (χ2n) is 7.14. The predicted octanol–water partition coefficient (Wildman–Crippen LogP) is 3.53. The molecule has 0 saturated carbocycles. The normalized spacial score (nSPS) is 28.7. The average molecular weight is 312 g/mol. The lowest BCUT2D eigenvalue weighted by Crippen LogP contribution is -2.41. The summed E-state index contributed by atoms with van der Waals surface area (Å²) in [6.07, 6.45) is 3.42. The first-order chi connectivity index (χ1) is 10.8. The fraction of sp³-hybridized carbons (Fsp3) is 0.400. The van der Waals surface area contributed by atoms with Crippen molar-refractivity contribution < 1.29 is 14.6 Å². The number of rotatable bonds is 0. The minimum atomic E-state index is -1.30. The largest absolute Gasteiger partial charge is 0.381 e. The van der Waals surface area contributed by atoms with Gasteiger partial charge < -0.3 is 10.2 Å². The number of hydrogen-bond donors (Lipinski definition) is 2. The van der Waals surface area contributed by atoms with Gasteiger partial charge in [-0.05, 0) is 79.0 Å². The van der Waals surface area contributed by atoms with Crippen LogP contribution in [0.1, 0.15) is 60.1 Å². The van der Waals surface area contributed by atoms with Gasteiger partial charge in [-0.2, -0.15) is 0 Å². The Kier molecular flexibility index (Phi) is 3.00. The third-order valence-electron chi connectivity index (χ3n) is 5.59. The predicted molar refractivity (Wildman–Crippen MR) is 86.8 cm³/mol. The zero-order chi connectivity index (χ0) is 16.4. The SMILES string of the molecule is C[C@@]1(O)c2ccccc2[C@@](C)(O)c2c1cc(F)c1c2CCCC1. The van der Waals surface area contributed by atoms with Crippen molar-refractivity contribution in [3.05, 3.63) is 69.5 Å². The number of halogens is 1. The van der Waals surface area contributed by atoms with Crippen LogP contribution in [0.3, 0.4) is 0 Å². The van der Waals surface area contributed by atoms with Crippen LogP contribution in [0.4, 0.5) is 4.39 Å². The van der Waals surface area contributed by atoms with Gasteiger partial charge in [0, 0.05) is 0 Å². The highest BCUT2D eigenvalue weighted by Gasteiger charge is 2.46. The van der Waals surface area contributed by atoms with Gasteiger partial charge >= 0.3 is 0 Å². The summed E-state index contributed by atoms with van der Waals surface area (Å²) >= 11 is 0. The fourth-order valence-electron chi connectivity index (χ4n) is 4.45. The van der Waals surface area contributed by atoms with E-state index in [1.165, 1.54) is 6.07 Å². The maximum atomic E-state index is 14.6. The second-order valence-corrected chi connectivity index (χ2v) is 7.14. The van der Waals surface area contributed by atoms with Crippen LogP contribution >= 0.6 is 0 Å². The van der Waals surface area contributed by atoms with Crippen molar-refractivity contribution >= 4 is 0 Å².